The summed E-state index contributed by atoms with van der Waals surface area (Å²) in [6, 6.07) is 23.9. The van der Waals surface area contributed by atoms with Gasteiger partial charge in [-0.3, -0.25) is 9.69 Å². The average molecular weight is 515 g/mol. The van der Waals surface area contributed by atoms with Gasteiger partial charge in [-0.1, -0.05) is 35.9 Å². The first-order valence-corrected chi connectivity index (χ1v) is 13.3. The highest BCUT2D eigenvalue weighted by Crippen LogP contribution is 2.30. The van der Waals surface area contributed by atoms with Crippen molar-refractivity contribution in [2.75, 3.05) is 43.0 Å². The zero-order valence-electron chi connectivity index (χ0n) is 20.7. The Bertz CT molecular complexity index is 1380. The summed E-state index contributed by atoms with van der Waals surface area (Å²) < 4.78 is 5.91. The topological polar surface area (TPSA) is 60.6 Å². The number of Topliss-reactive ketones (excluding diaryl/α,β-unsaturated/α-hetero) is 1. The fourth-order valence-electron chi connectivity index (χ4n) is 5.74. The fraction of sp³-hybridized carbons (Fsp3) is 0.300. The minimum absolute atomic E-state index is 0.0367. The molecule has 2 unspecified atom stereocenters. The van der Waals surface area contributed by atoms with E-state index in [9.17, 15) is 4.79 Å². The van der Waals surface area contributed by atoms with Crippen molar-refractivity contribution >= 4 is 39.7 Å². The van der Waals surface area contributed by atoms with Crippen molar-refractivity contribution in [1.82, 2.24) is 9.88 Å². The van der Waals surface area contributed by atoms with Crippen LogP contribution in [0.15, 0.2) is 79.0 Å². The van der Waals surface area contributed by atoms with Crippen LogP contribution in [0.3, 0.4) is 0 Å². The van der Waals surface area contributed by atoms with Gasteiger partial charge in [-0.2, -0.15) is 0 Å². The number of carbonyl (C=O) groups excluding carboxylic acids is 1. The Balaban J connectivity index is 1.19. The van der Waals surface area contributed by atoms with Crippen molar-refractivity contribution in [3.8, 4) is 5.75 Å². The van der Waals surface area contributed by atoms with Crippen LogP contribution in [0.4, 0.5) is 11.4 Å². The maximum Gasteiger partial charge on any atom is 0.189 e. The third kappa shape index (κ3) is 5.04. The zero-order chi connectivity index (χ0) is 25.2. The number of rotatable bonds is 7. The van der Waals surface area contributed by atoms with Crippen LogP contribution in [-0.2, 0) is 11.2 Å². The van der Waals surface area contributed by atoms with E-state index in [4.69, 9.17) is 16.3 Å². The van der Waals surface area contributed by atoms with E-state index in [1.165, 1.54) is 16.6 Å². The van der Waals surface area contributed by atoms with Crippen LogP contribution in [0, 0.1) is 0 Å². The van der Waals surface area contributed by atoms with Crippen molar-refractivity contribution in [3.63, 3.8) is 0 Å². The highest BCUT2D eigenvalue weighted by atomic mass is 35.5. The summed E-state index contributed by atoms with van der Waals surface area (Å²) in [6.45, 7) is 3.41. The summed E-state index contributed by atoms with van der Waals surface area (Å²) in [6.07, 6.45) is 3.87. The molecule has 0 spiro atoms. The Kier molecular flexibility index (Phi) is 6.77. The Morgan fingerprint density at radius 2 is 1.78 bits per heavy atom. The molecule has 2 atom stereocenters. The third-order valence-electron chi connectivity index (χ3n) is 7.61. The molecule has 0 aliphatic carbocycles. The van der Waals surface area contributed by atoms with Crippen LogP contribution in [0.1, 0.15) is 12.0 Å². The minimum Gasteiger partial charge on any atom is -0.486 e. The second-order valence-corrected chi connectivity index (χ2v) is 10.3. The summed E-state index contributed by atoms with van der Waals surface area (Å²) in [4.78, 5) is 21.8. The molecule has 6 rings (SSSR count). The fourth-order valence-corrected chi connectivity index (χ4v) is 5.86. The Labute approximate surface area is 222 Å². The molecule has 2 aliphatic heterocycles. The quantitative estimate of drug-likeness (QED) is 0.346. The molecule has 0 amide bonds. The number of benzene rings is 3. The number of hydrogen-bond donors (Lipinski definition) is 2. The largest absolute Gasteiger partial charge is 0.486 e. The number of halogens is 1. The second kappa shape index (κ2) is 10.5. The summed E-state index contributed by atoms with van der Waals surface area (Å²) in [5, 5.41) is 5.58. The summed E-state index contributed by atoms with van der Waals surface area (Å²) in [5.41, 5.74) is 4.84. The van der Waals surface area contributed by atoms with Gasteiger partial charge in [0.2, 0.25) is 0 Å². The maximum atomic E-state index is 13.7. The average Bonchev–Trinajstić information content (AvgIpc) is 3.43. The Morgan fingerprint density at radius 1 is 0.973 bits per heavy atom. The lowest BCUT2D eigenvalue weighted by molar-refractivity contribution is -0.127. The predicted octanol–water partition coefficient (Wildman–Crippen LogP) is 5.39. The molecule has 4 aromatic rings. The van der Waals surface area contributed by atoms with Crippen LogP contribution >= 0.6 is 11.6 Å². The van der Waals surface area contributed by atoms with Crippen LogP contribution in [0.5, 0.6) is 5.75 Å². The number of ether oxygens (including phenoxy) is 1. The number of H-pyrrole nitrogens is 1. The molecule has 0 saturated carbocycles. The van der Waals surface area contributed by atoms with E-state index in [0.29, 0.717) is 10.8 Å². The Hall–Kier alpha value is -3.48. The zero-order valence-corrected chi connectivity index (χ0v) is 21.5. The van der Waals surface area contributed by atoms with Crippen molar-refractivity contribution in [1.29, 1.82) is 0 Å². The van der Waals surface area contributed by atoms with Gasteiger partial charge in [0.25, 0.3) is 0 Å². The molecule has 1 aromatic heterocycles. The SMILES string of the molecule is O=C(COc1ccc(Cl)cc1)C(C1CCc2ccccc2N1)N1CCN(c2cccc3[nH]ccc23)CC1. The summed E-state index contributed by atoms with van der Waals surface area (Å²) in [7, 11) is 0. The number of fused-ring (bicyclic) bond motifs is 2. The molecule has 0 radical (unpaired) electrons. The van der Waals surface area contributed by atoms with Gasteiger partial charge in [-0.05, 0) is 66.9 Å². The number of hydrogen-bond acceptors (Lipinski definition) is 5. The lowest BCUT2D eigenvalue weighted by Gasteiger charge is -2.43. The predicted molar refractivity (Wildman–Crippen MR) is 150 cm³/mol. The first-order valence-electron chi connectivity index (χ1n) is 13.0. The van der Waals surface area contributed by atoms with Crippen LogP contribution in [-0.4, -0.2) is 60.5 Å². The van der Waals surface area contributed by atoms with Gasteiger partial charge in [0, 0.05) is 65.7 Å². The highest BCUT2D eigenvalue weighted by Gasteiger charge is 2.37. The van der Waals surface area contributed by atoms with E-state index in [0.717, 1.165) is 50.2 Å². The number of nitrogens with one attached hydrogen (secondary N) is 2. The molecular weight excluding hydrogens is 484 g/mol. The highest BCUT2D eigenvalue weighted by molar-refractivity contribution is 6.30. The molecule has 2 aliphatic rings. The summed E-state index contributed by atoms with van der Waals surface area (Å²) in [5.74, 6) is 0.760. The van der Waals surface area contributed by atoms with E-state index >= 15 is 0 Å². The first kappa shape index (κ1) is 23.9. The lowest BCUT2D eigenvalue weighted by atomic mass is 9.90. The van der Waals surface area contributed by atoms with E-state index in [1.54, 1.807) is 24.3 Å². The van der Waals surface area contributed by atoms with Gasteiger partial charge in [0.15, 0.2) is 5.78 Å². The number of para-hydroxylation sites is 1. The van der Waals surface area contributed by atoms with E-state index in [2.05, 4.69) is 68.6 Å². The number of aryl methyl sites for hydroxylation is 1. The van der Waals surface area contributed by atoms with Gasteiger partial charge < -0.3 is 19.9 Å². The van der Waals surface area contributed by atoms with Gasteiger partial charge >= 0.3 is 0 Å². The normalized spacial score (nSPS) is 18.7. The lowest BCUT2D eigenvalue weighted by Crippen LogP contribution is -2.59. The van der Waals surface area contributed by atoms with Crippen molar-refractivity contribution < 1.29 is 9.53 Å². The molecule has 6 nitrogen and oxygen atoms in total. The van der Waals surface area contributed by atoms with E-state index < -0.39 is 0 Å². The number of aromatic nitrogens is 1. The smallest absolute Gasteiger partial charge is 0.189 e. The molecule has 1 fully saturated rings. The molecule has 37 heavy (non-hydrogen) atoms. The maximum absolute atomic E-state index is 13.7. The number of ketones is 1. The Morgan fingerprint density at radius 3 is 2.62 bits per heavy atom. The molecule has 7 heteroatoms. The number of aromatic amines is 1. The number of carbonyl (C=O) groups is 1. The molecule has 3 heterocycles. The molecule has 1 saturated heterocycles. The van der Waals surface area contributed by atoms with Gasteiger partial charge in [0.05, 0.1) is 6.04 Å². The van der Waals surface area contributed by atoms with Crippen LogP contribution in [0.2, 0.25) is 5.02 Å². The minimum atomic E-state index is -0.258. The van der Waals surface area contributed by atoms with Crippen LogP contribution in [0.25, 0.3) is 10.9 Å². The monoisotopic (exact) mass is 514 g/mol. The second-order valence-electron chi connectivity index (χ2n) is 9.84. The molecule has 190 valence electrons. The van der Waals surface area contributed by atoms with E-state index in [1.807, 2.05) is 6.20 Å². The van der Waals surface area contributed by atoms with Crippen molar-refractivity contribution in [2.24, 2.45) is 0 Å². The number of nitrogens with zero attached hydrogens (tertiary/aromatic N) is 2. The standard InChI is InChI=1S/C30H31ClN4O2/c31-22-9-11-23(12-10-22)37-20-29(36)30(27-13-8-21-4-1-2-5-25(21)33-27)35-18-16-34(17-19-35)28-7-3-6-26-24(28)14-15-32-26/h1-7,9-12,14-15,27,30,32-33H,8,13,16-20H2. The molecule has 3 aromatic carbocycles. The molecule has 2 N–H and O–H groups in total. The van der Waals surface area contributed by atoms with Gasteiger partial charge in [-0.25, -0.2) is 0 Å². The molecular formula is C30H31ClN4O2. The third-order valence-corrected chi connectivity index (χ3v) is 7.86. The molecule has 0 bridgehead atoms. The van der Waals surface area contributed by atoms with Crippen LogP contribution < -0.4 is 15.0 Å². The number of anilines is 2. The van der Waals surface area contributed by atoms with Crippen molar-refractivity contribution in [2.45, 2.75) is 24.9 Å². The van der Waals surface area contributed by atoms with E-state index in [-0.39, 0.29) is 24.5 Å². The summed E-state index contributed by atoms with van der Waals surface area (Å²) >= 11 is 6.01. The van der Waals surface area contributed by atoms with Gasteiger partial charge in [-0.15, -0.1) is 0 Å². The first-order chi connectivity index (χ1) is 18.2. The number of piperazine rings is 1. The van der Waals surface area contributed by atoms with Gasteiger partial charge in [0.1, 0.15) is 12.4 Å². The van der Waals surface area contributed by atoms with Crippen molar-refractivity contribution in [3.05, 3.63) is 89.6 Å².